The zero-order valence-corrected chi connectivity index (χ0v) is 19.5. The van der Waals surface area contributed by atoms with Crippen LogP contribution in [-0.2, 0) is 42.6 Å². The van der Waals surface area contributed by atoms with E-state index in [-0.39, 0.29) is 0 Å². The molecule has 5 rings (SSSR count). The molecule has 11 nitrogen and oxygen atoms in total. The maximum absolute atomic E-state index is 13.5. The van der Waals surface area contributed by atoms with Crippen LogP contribution < -0.4 is 0 Å². The average molecular weight is 459 g/mol. The van der Waals surface area contributed by atoms with Crippen molar-refractivity contribution in [2.75, 3.05) is 13.7 Å². The quantitative estimate of drug-likeness (QED) is 0.260. The zero-order chi connectivity index (χ0) is 23.1. The molecule has 0 N–H and O–H groups in total. The van der Waals surface area contributed by atoms with Crippen molar-refractivity contribution < 1.29 is 47.4 Å². The minimum Gasteiger partial charge on any atom is -0.624 e. The highest BCUT2D eigenvalue weighted by atomic mass is 16.9. The van der Waals surface area contributed by atoms with E-state index in [9.17, 15) is 5.21 Å². The zero-order valence-electron chi connectivity index (χ0n) is 19.5. The summed E-state index contributed by atoms with van der Waals surface area (Å²) in [5.74, 6) is -2.41. The summed E-state index contributed by atoms with van der Waals surface area (Å²) in [7, 11) is 1.56. The molecule has 0 aromatic rings. The molecule has 5 heterocycles. The highest BCUT2D eigenvalue weighted by Gasteiger charge is 2.63. The number of fused-ring (bicyclic) bond motifs is 2. The third-order valence-corrected chi connectivity index (χ3v) is 6.34. The first-order valence-electron chi connectivity index (χ1n) is 11.1. The van der Waals surface area contributed by atoms with Gasteiger partial charge in [-0.15, -0.1) is 0 Å². The Morgan fingerprint density at radius 1 is 0.812 bits per heavy atom. The third kappa shape index (κ3) is 3.97. The third-order valence-electron chi connectivity index (χ3n) is 6.34. The van der Waals surface area contributed by atoms with Crippen LogP contribution in [0.4, 0.5) is 0 Å². The first-order chi connectivity index (χ1) is 14.9. The summed E-state index contributed by atoms with van der Waals surface area (Å²) in [6.07, 6.45) is -3.16. The minimum atomic E-state index is -0.866. The molecule has 5 aliphatic heterocycles. The van der Waals surface area contributed by atoms with Crippen LogP contribution >= 0.6 is 0 Å². The number of methoxy groups -OCH3 is 1. The van der Waals surface area contributed by atoms with E-state index in [0.29, 0.717) is 6.61 Å². The summed E-state index contributed by atoms with van der Waals surface area (Å²) in [5, 5.41) is 13.5. The van der Waals surface area contributed by atoms with Gasteiger partial charge in [-0.3, -0.25) is 0 Å². The van der Waals surface area contributed by atoms with Gasteiger partial charge in [0.15, 0.2) is 54.5 Å². The number of hydrogen-bond donors (Lipinski definition) is 0. The summed E-state index contributed by atoms with van der Waals surface area (Å²) < 4.78 is 53.8. The average Bonchev–Trinajstić information content (AvgIpc) is 3.39. The van der Waals surface area contributed by atoms with Gasteiger partial charge in [-0.1, -0.05) is 0 Å². The lowest BCUT2D eigenvalue weighted by Gasteiger charge is -2.28. The molecule has 32 heavy (non-hydrogen) atoms. The lowest BCUT2D eigenvalue weighted by molar-refractivity contribution is -0.520. The van der Waals surface area contributed by atoms with Gasteiger partial charge in [0, 0.05) is 7.11 Å². The van der Waals surface area contributed by atoms with Crippen molar-refractivity contribution in [1.82, 2.24) is 0 Å². The van der Waals surface area contributed by atoms with Crippen molar-refractivity contribution in [3.63, 3.8) is 0 Å². The molecule has 0 aliphatic carbocycles. The second-order valence-corrected chi connectivity index (χ2v) is 10.2. The fourth-order valence-electron chi connectivity index (χ4n) is 5.13. The van der Waals surface area contributed by atoms with Crippen molar-refractivity contribution in [2.45, 2.75) is 114 Å². The van der Waals surface area contributed by atoms with Gasteiger partial charge in [-0.2, -0.15) is 0 Å². The molecule has 0 aromatic heterocycles. The maximum atomic E-state index is 13.5. The van der Waals surface area contributed by atoms with Gasteiger partial charge in [-0.05, 0) is 41.5 Å². The first-order valence-corrected chi connectivity index (χ1v) is 11.1. The fraction of sp³-hybridized carbons (Fsp3) is 0.952. The van der Waals surface area contributed by atoms with E-state index in [1.54, 1.807) is 21.0 Å². The molecule has 5 saturated heterocycles. The van der Waals surface area contributed by atoms with Gasteiger partial charge >= 0.3 is 0 Å². The van der Waals surface area contributed by atoms with E-state index in [4.69, 9.17) is 42.6 Å². The molecule has 0 aromatic carbocycles. The highest BCUT2D eigenvalue weighted by molar-refractivity contribution is 5.60. The number of ether oxygens (including phenoxy) is 9. The van der Waals surface area contributed by atoms with Gasteiger partial charge < -0.3 is 47.8 Å². The summed E-state index contributed by atoms with van der Waals surface area (Å²) in [4.78, 5) is 0. The molecule has 0 bridgehead atoms. The molecule has 0 spiro atoms. The molecule has 5 fully saturated rings. The van der Waals surface area contributed by atoms with E-state index < -0.39 is 72.6 Å². The van der Waals surface area contributed by atoms with E-state index in [0.717, 1.165) is 4.74 Å². The first kappa shape index (κ1) is 22.9. The summed E-state index contributed by atoms with van der Waals surface area (Å²) in [6.45, 7) is 11.1. The SMILES string of the molecule is CO[C@@H]1[C@H]2OC(C)(C)O[C@@H]2O[C@@H]1C=[N+]([O-])[C@@H]1[C@H]2OC(C)(C)O[C@@H]2O[C@@H]1[C@H]1COC(C)(C)O1. The van der Waals surface area contributed by atoms with Crippen LogP contribution in [-0.4, -0.2) is 97.3 Å². The number of hydroxylamine groups is 1. The summed E-state index contributed by atoms with van der Waals surface area (Å²) >= 11 is 0. The molecular weight excluding hydrogens is 426 g/mol. The Morgan fingerprint density at radius 2 is 1.44 bits per heavy atom. The topological polar surface area (TPSA) is 109 Å². The normalized spacial score (nSPS) is 48.8. The maximum Gasteiger partial charge on any atom is 0.222 e. The van der Waals surface area contributed by atoms with Gasteiger partial charge in [0.1, 0.15) is 18.3 Å². The fourth-order valence-corrected chi connectivity index (χ4v) is 5.13. The van der Waals surface area contributed by atoms with E-state index in [1.165, 1.54) is 6.21 Å². The molecule has 0 saturated carbocycles. The van der Waals surface area contributed by atoms with Crippen molar-refractivity contribution in [2.24, 2.45) is 0 Å². The second-order valence-electron chi connectivity index (χ2n) is 10.2. The number of rotatable bonds is 4. The predicted molar refractivity (Wildman–Crippen MR) is 107 cm³/mol. The lowest BCUT2D eigenvalue weighted by atomic mass is 10.0. The van der Waals surface area contributed by atoms with Crippen molar-refractivity contribution >= 4 is 6.21 Å². The lowest BCUT2D eigenvalue weighted by Crippen LogP contribution is -2.49. The standard InChI is InChI=1S/C21H33NO10/c1-19(2)25-9-11(28-19)13-12(15-17(27-13)31-20(3,4)29-15)22(23)8-10-14(24-7)16-18(26-10)32-21(5,6)30-16/h8,10-18H,9H2,1-7H3/t10-,11-,12+,13-,14+,15-,16-,17+,18+/m1/s1. The molecule has 9 atom stereocenters. The molecule has 5 aliphatic rings. The molecule has 0 radical (unpaired) electrons. The smallest absolute Gasteiger partial charge is 0.222 e. The van der Waals surface area contributed by atoms with E-state index in [2.05, 4.69) is 0 Å². The molecule has 182 valence electrons. The Hall–Kier alpha value is -0.890. The number of hydrogen-bond acceptors (Lipinski definition) is 10. The number of nitrogens with zero attached hydrogens (tertiary/aromatic N) is 1. The monoisotopic (exact) mass is 459 g/mol. The van der Waals surface area contributed by atoms with Crippen molar-refractivity contribution in [1.29, 1.82) is 0 Å². The van der Waals surface area contributed by atoms with Crippen LogP contribution in [0.2, 0.25) is 0 Å². The highest BCUT2D eigenvalue weighted by Crippen LogP contribution is 2.42. The predicted octanol–water partition coefficient (Wildman–Crippen LogP) is 0.855. The van der Waals surface area contributed by atoms with Gasteiger partial charge in [0.05, 0.1) is 6.61 Å². The van der Waals surface area contributed by atoms with Crippen LogP contribution in [0.1, 0.15) is 41.5 Å². The van der Waals surface area contributed by atoms with Gasteiger partial charge in [0.25, 0.3) is 0 Å². The van der Waals surface area contributed by atoms with Gasteiger partial charge in [0.2, 0.25) is 6.04 Å². The Balaban J connectivity index is 1.39. The van der Waals surface area contributed by atoms with Crippen LogP contribution in [0.25, 0.3) is 0 Å². The van der Waals surface area contributed by atoms with Gasteiger partial charge in [-0.25, -0.2) is 4.74 Å². The summed E-state index contributed by atoms with van der Waals surface area (Å²) in [5.41, 5.74) is 0. The second kappa shape index (κ2) is 7.56. The van der Waals surface area contributed by atoms with Crippen LogP contribution in [0.5, 0.6) is 0 Å². The van der Waals surface area contributed by atoms with Crippen LogP contribution in [0, 0.1) is 5.21 Å². The molecule has 0 amide bonds. The van der Waals surface area contributed by atoms with Crippen LogP contribution in [0.3, 0.4) is 0 Å². The Morgan fingerprint density at radius 3 is 2.03 bits per heavy atom. The van der Waals surface area contributed by atoms with E-state index in [1.807, 2.05) is 27.7 Å². The summed E-state index contributed by atoms with van der Waals surface area (Å²) in [6, 6.07) is -0.732. The van der Waals surface area contributed by atoms with Crippen molar-refractivity contribution in [3.8, 4) is 0 Å². The largest absolute Gasteiger partial charge is 0.624 e. The molecule has 11 heteroatoms. The molecular formula is C21H33NO10. The van der Waals surface area contributed by atoms with E-state index >= 15 is 0 Å². The Labute approximate surface area is 187 Å². The Bertz CT molecular complexity index is 770. The molecule has 0 unspecified atom stereocenters. The van der Waals surface area contributed by atoms with Crippen LogP contribution in [0.15, 0.2) is 0 Å². The van der Waals surface area contributed by atoms with Crippen molar-refractivity contribution in [3.05, 3.63) is 5.21 Å². The Kier molecular flexibility index (Phi) is 5.40. The minimum absolute atomic E-state index is 0.298.